The lowest BCUT2D eigenvalue weighted by molar-refractivity contribution is -0.384. The molecule has 1 amide bonds. The maximum absolute atomic E-state index is 12.3. The van der Waals surface area contributed by atoms with Crippen LogP contribution in [0.25, 0.3) is 0 Å². The monoisotopic (exact) mass is 391 g/mol. The van der Waals surface area contributed by atoms with E-state index in [0.29, 0.717) is 21.4 Å². The summed E-state index contributed by atoms with van der Waals surface area (Å²) in [5.74, 6) is 0.414. The topological polar surface area (TPSA) is 84.6 Å². The Morgan fingerprint density at radius 1 is 1.50 bits per heavy atom. The molecular weight excluding hydrogens is 374 g/mol. The number of halogens is 1. The molecule has 1 aromatic heterocycles. The van der Waals surface area contributed by atoms with Crippen molar-refractivity contribution in [3.63, 3.8) is 0 Å². The zero-order valence-electron chi connectivity index (χ0n) is 14.2. The summed E-state index contributed by atoms with van der Waals surface area (Å²) in [5, 5.41) is 15.0. The van der Waals surface area contributed by atoms with E-state index in [4.69, 9.17) is 11.6 Å². The summed E-state index contributed by atoms with van der Waals surface area (Å²) in [4.78, 5) is 24.5. The Bertz CT molecular complexity index is 879. The molecule has 0 unspecified atom stereocenters. The maximum Gasteiger partial charge on any atom is 0.281 e. The number of carbonyl (C=O) groups is 1. The van der Waals surface area contributed by atoms with Crippen LogP contribution in [0.5, 0.6) is 0 Å². The zero-order valence-corrected chi connectivity index (χ0v) is 15.8. The average molecular weight is 392 g/mol. The summed E-state index contributed by atoms with van der Waals surface area (Å²) in [6, 6.07) is 6.01. The van der Waals surface area contributed by atoms with Crippen molar-refractivity contribution in [2.75, 3.05) is 0 Å². The normalized spacial score (nSPS) is 16.5. The molecular formula is C18H18ClN3O3S. The van der Waals surface area contributed by atoms with Gasteiger partial charge in [-0.25, -0.2) is 5.43 Å². The predicted octanol–water partition coefficient (Wildman–Crippen LogP) is 4.59. The van der Waals surface area contributed by atoms with E-state index in [9.17, 15) is 14.9 Å². The number of amides is 1. The lowest BCUT2D eigenvalue weighted by atomic mass is 9.87. The third-order valence-corrected chi connectivity index (χ3v) is 6.13. The highest BCUT2D eigenvalue weighted by atomic mass is 35.5. The third-order valence-electron chi connectivity index (χ3n) is 4.55. The molecule has 0 saturated carbocycles. The number of nitro benzene ring substituents is 1. The van der Waals surface area contributed by atoms with Crippen LogP contribution < -0.4 is 5.43 Å². The van der Waals surface area contributed by atoms with Gasteiger partial charge in [-0.2, -0.15) is 5.10 Å². The molecule has 2 aromatic rings. The first-order valence-electron chi connectivity index (χ1n) is 8.36. The highest BCUT2D eigenvalue weighted by Gasteiger charge is 2.21. The number of benzene rings is 1. The smallest absolute Gasteiger partial charge is 0.266 e. The van der Waals surface area contributed by atoms with Gasteiger partial charge in [0, 0.05) is 27.6 Å². The van der Waals surface area contributed by atoms with Crippen molar-refractivity contribution in [3.05, 3.63) is 60.3 Å². The first-order chi connectivity index (χ1) is 12.5. The zero-order chi connectivity index (χ0) is 18.7. The minimum atomic E-state index is -0.508. The van der Waals surface area contributed by atoms with Crippen LogP contribution >= 0.6 is 22.9 Å². The van der Waals surface area contributed by atoms with Crippen molar-refractivity contribution < 1.29 is 9.72 Å². The van der Waals surface area contributed by atoms with Crippen LogP contribution in [-0.4, -0.2) is 17.0 Å². The molecule has 0 bridgehead atoms. The summed E-state index contributed by atoms with van der Waals surface area (Å²) in [6.45, 7) is 2.20. The molecule has 1 heterocycles. The van der Waals surface area contributed by atoms with Crippen LogP contribution in [0, 0.1) is 16.0 Å². The molecule has 0 fully saturated rings. The second-order valence-electron chi connectivity index (χ2n) is 6.24. The number of thiophene rings is 1. The van der Waals surface area contributed by atoms with E-state index < -0.39 is 4.92 Å². The van der Waals surface area contributed by atoms with Gasteiger partial charge in [0.2, 0.25) is 0 Å². The number of nitrogens with one attached hydrogen (secondary N) is 1. The van der Waals surface area contributed by atoms with Crippen LogP contribution in [0.1, 0.15) is 45.4 Å². The molecule has 1 aromatic carbocycles. The van der Waals surface area contributed by atoms with Gasteiger partial charge in [0.15, 0.2) is 0 Å². The molecule has 1 aliphatic rings. The number of aryl methyl sites for hydroxylation is 1. The van der Waals surface area contributed by atoms with Crippen molar-refractivity contribution in [3.8, 4) is 0 Å². The molecule has 6 nitrogen and oxygen atoms in total. The van der Waals surface area contributed by atoms with Crippen molar-refractivity contribution in [2.45, 2.75) is 32.6 Å². The number of carbonyl (C=O) groups excluding carboxylic acids is 1. The standard InChI is InChI=1S/C18H18ClN3O3S/c1-2-11-3-6-16-12(7-11)9-17(26-16)18(23)21-20-10-13-8-14(22(24)25)4-5-15(13)19/h4-5,8-11H,2-3,6-7H2,1H3,(H,21,23)/b20-10-/t11-/m0/s1. The van der Waals surface area contributed by atoms with Crippen LogP contribution in [-0.2, 0) is 12.8 Å². The van der Waals surface area contributed by atoms with E-state index in [1.807, 2.05) is 6.07 Å². The van der Waals surface area contributed by atoms with Crippen LogP contribution in [0.2, 0.25) is 5.02 Å². The summed E-state index contributed by atoms with van der Waals surface area (Å²) < 4.78 is 0. The Morgan fingerprint density at radius 2 is 2.31 bits per heavy atom. The first kappa shape index (κ1) is 18.5. The molecule has 136 valence electrons. The van der Waals surface area contributed by atoms with Crippen molar-refractivity contribution in [1.29, 1.82) is 0 Å². The SMILES string of the molecule is CC[C@H]1CCc2sc(C(=O)N/N=C\c3cc([N+](=O)[O-])ccc3Cl)cc2C1. The van der Waals surface area contributed by atoms with E-state index in [1.165, 1.54) is 52.6 Å². The second kappa shape index (κ2) is 7.97. The molecule has 0 radical (unpaired) electrons. The van der Waals surface area contributed by atoms with E-state index in [1.54, 1.807) is 0 Å². The Hall–Kier alpha value is -2.25. The Morgan fingerprint density at radius 3 is 3.04 bits per heavy atom. The van der Waals surface area contributed by atoms with Gasteiger partial charge in [-0.3, -0.25) is 14.9 Å². The Labute approximate surface area is 160 Å². The molecule has 0 saturated heterocycles. The van der Waals surface area contributed by atoms with Crippen molar-refractivity contribution in [1.82, 2.24) is 5.43 Å². The van der Waals surface area contributed by atoms with Gasteiger partial charge < -0.3 is 0 Å². The second-order valence-corrected chi connectivity index (χ2v) is 7.78. The quantitative estimate of drug-likeness (QED) is 0.459. The maximum atomic E-state index is 12.3. The number of rotatable bonds is 5. The minimum absolute atomic E-state index is 0.0846. The summed E-state index contributed by atoms with van der Waals surface area (Å²) in [7, 11) is 0. The van der Waals surface area contributed by atoms with Gasteiger partial charge in [0.25, 0.3) is 11.6 Å². The Kier molecular flexibility index (Phi) is 5.68. The van der Waals surface area contributed by atoms with E-state index in [-0.39, 0.29) is 11.6 Å². The largest absolute Gasteiger partial charge is 0.281 e. The van der Waals surface area contributed by atoms with Gasteiger partial charge >= 0.3 is 0 Å². The fourth-order valence-electron chi connectivity index (χ4n) is 3.02. The number of hydrogen-bond donors (Lipinski definition) is 1. The Balaban J connectivity index is 1.68. The van der Waals surface area contributed by atoms with Crippen molar-refractivity contribution >= 4 is 40.7 Å². The fourth-order valence-corrected chi connectivity index (χ4v) is 4.28. The molecule has 3 rings (SSSR count). The fraction of sp³-hybridized carbons (Fsp3) is 0.333. The number of hydrogen-bond acceptors (Lipinski definition) is 5. The van der Waals surface area contributed by atoms with Gasteiger partial charge in [-0.15, -0.1) is 11.3 Å². The lowest BCUT2D eigenvalue weighted by Gasteiger charge is -2.19. The molecule has 0 spiro atoms. The molecule has 1 aliphatic carbocycles. The van der Waals surface area contributed by atoms with E-state index >= 15 is 0 Å². The minimum Gasteiger partial charge on any atom is -0.266 e. The summed E-state index contributed by atoms with van der Waals surface area (Å²) in [5.41, 5.74) is 4.03. The molecule has 26 heavy (non-hydrogen) atoms. The number of nitro groups is 1. The first-order valence-corrected chi connectivity index (χ1v) is 9.56. The number of nitrogens with zero attached hydrogens (tertiary/aromatic N) is 2. The molecule has 1 N–H and O–H groups in total. The number of non-ortho nitro benzene ring substituents is 1. The van der Waals surface area contributed by atoms with Gasteiger partial charge in [-0.05, 0) is 42.9 Å². The van der Waals surface area contributed by atoms with Gasteiger partial charge in [0.05, 0.1) is 16.0 Å². The van der Waals surface area contributed by atoms with Gasteiger partial charge in [0.1, 0.15) is 0 Å². The lowest BCUT2D eigenvalue weighted by Crippen LogP contribution is -2.16. The summed E-state index contributed by atoms with van der Waals surface area (Å²) >= 11 is 7.52. The van der Waals surface area contributed by atoms with E-state index in [0.717, 1.165) is 19.3 Å². The number of hydrazone groups is 1. The highest BCUT2D eigenvalue weighted by Crippen LogP contribution is 2.33. The average Bonchev–Trinajstić information content (AvgIpc) is 3.06. The third kappa shape index (κ3) is 4.11. The van der Waals surface area contributed by atoms with Crippen molar-refractivity contribution in [2.24, 2.45) is 11.0 Å². The molecule has 8 heteroatoms. The molecule has 1 atom stereocenters. The number of fused-ring (bicyclic) bond motifs is 1. The van der Waals surface area contributed by atoms with Gasteiger partial charge in [-0.1, -0.05) is 24.9 Å². The van der Waals surface area contributed by atoms with E-state index in [2.05, 4.69) is 17.5 Å². The highest BCUT2D eigenvalue weighted by molar-refractivity contribution is 7.14. The van der Waals surface area contributed by atoms with Crippen LogP contribution in [0.15, 0.2) is 29.4 Å². The summed E-state index contributed by atoms with van der Waals surface area (Å²) in [6.07, 6.45) is 5.70. The van der Waals surface area contributed by atoms with Crippen LogP contribution in [0.3, 0.4) is 0 Å². The molecule has 0 aliphatic heterocycles. The van der Waals surface area contributed by atoms with Crippen LogP contribution in [0.4, 0.5) is 5.69 Å². The predicted molar refractivity (Wildman–Crippen MR) is 103 cm³/mol.